The first kappa shape index (κ1) is 9.02. The Morgan fingerprint density at radius 2 is 1.75 bits per heavy atom. The lowest BCUT2D eigenvalue weighted by molar-refractivity contribution is 0.487. The number of aryl methyl sites for hydroxylation is 1. The molecule has 12 heavy (non-hydrogen) atoms. The smallest absolute Gasteiger partial charge is 0.371 e. The molecule has 0 unspecified atom stereocenters. The SMILES string of the molecule is Cc1ccc(OS(N)(=O)=O)cc1. The predicted octanol–water partition coefficient (Wildman–Crippen LogP) is 0.577. The molecule has 1 rings (SSSR count). The highest BCUT2D eigenvalue weighted by Crippen LogP contribution is 2.12. The molecule has 1 aromatic rings. The zero-order chi connectivity index (χ0) is 9.19. The fourth-order valence-corrected chi connectivity index (χ4v) is 1.11. The molecule has 0 atom stereocenters. The molecule has 0 radical (unpaired) electrons. The minimum atomic E-state index is -3.89. The second kappa shape index (κ2) is 3.12. The quantitative estimate of drug-likeness (QED) is 0.736. The molecule has 66 valence electrons. The molecule has 0 aliphatic rings. The van der Waals surface area contributed by atoms with E-state index >= 15 is 0 Å². The topological polar surface area (TPSA) is 69.4 Å². The second-order valence-electron chi connectivity index (χ2n) is 2.39. The summed E-state index contributed by atoms with van der Waals surface area (Å²) in [5.74, 6) is 0.225. The van der Waals surface area contributed by atoms with Gasteiger partial charge in [0.25, 0.3) is 0 Å². The average Bonchev–Trinajstić information content (AvgIpc) is 1.91. The van der Waals surface area contributed by atoms with Crippen LogP contribution in [0.5, 0.6) is 5.75 Å². The third kappa shape index (κ3) is 2.89. The van der Waals surface area contributed by atoms with Gasteiger partial charge in [0.15, 0.2) is 0 Å². The minimum absolute atomic E-state index is 0.225. The summed E-state index contributed by atoms with van der Waals surface area (Å²) in [6.07, 6.45) is 0. The highest BCUT2D eigenvalue weighted by Gasteiger charge is 2.02. The van der Waals surface area contributed by atoms with Crippen LogP contribution in [0.15, 0.2) is 24.3 Å². The van der Waals surface area contributed by atoms with Crippen molar-refractivity contribution in [2.45, 2.75) is 6.92 Å². The lowest BCUT2D eigenvalue weighted by atomic mass is 10.2. The number of nitrogens with two attached hydrogens (primary N) is 1. The second-order valence-corrected chi connectivity index (χ2v) is 3.54. The normalized spacial score (nSPS) is 11.2. The molecule has 0 aliphatic carbocycles. The van der Waals surface area contributed by atoms with Crippen LogP contribution in [-0.2, 0) is 10.3 Å². The van der Waals surface area contributed by atoms with Crippen molar-refractivity contribution in [2.75, 3.05) is 0 Å². The molecular formula is C7H9NO3S. The van der Waals surface area contributed by atoms with Gasteiger partial charge >= 0.3 is 10.3 Å². The standard InChI is InChI=1S/C7H9NO3S/c1-6-2-4-7(5-3-6)11-12(8,9)10/h2-5H,1H3,(H2,8,9,10). The van der Waals surface area contributed by atoms with Crippen LogP contribution in [0.3, 0.4) is 0 Å². The molecule has 2 N–H and O–H groups in total. The largest absolute Gasteiger partial charge is 0.380 e. The minimum Gasteiger partial charge on any atom is -0.371 e. The van der Waals surface area contributed by atoms with Gasteiger partial charge in [-0.1, -0.05) is 17.7 Å². The lowest BCUT2D eigenvalue weighted by Gasteiger charge is -2.01. The van der Waals surface area contributed by atoms with Gasteiger partial charge in [0.1, 0.15) is 5.75 Å². The van der Waals surface area contributed by atoms with Gasteiger partial charge in [-0.05, 0) is 19.1 Å². The van der Waals surface area contributed by atoms with Crippen molar-refractivity contribution in [1.82, 2.24) is 0 Å². The van der Waals surface area contributed by atoms with Crippen molar-refractivity contribution in [3.8, 4) is 5.75 Å². The molecule has 0 aromatic heterocycles. The lowest BCUT2D eigenvalue weighted by Crippen LogP contribution is -2.18. The maximum atomic E-state index is 10.4. The molecule has 0 aliphatic heterocycles. The Kier molecular flexibility index (Phi) is 2.35. The van der Waals surface area contributed by atoms with Crippen LogP contribution in [-0.4, -0.2) is 8.42 Å². The van der Waals surface area contributed by atoms with E-state index < -0.39 is 10.3 Å². The summed E-state index contributed by atoms with van der Waals surface area (Å²) < 4.78 is 25.3. The van der Waals surface area contributed by atoms with Gasteiger partial charge in [0.2, 0.25) is 0 Å². The van der Waals surface area contributed by atoms with Crippen LogP contribution in [0.1, 0.15) is 5.56 Å². The number of hydrogen-bond donors (Lipinski definition) is 1. The molecule has 4 nitrogen and oxygen atoms in total. The van der Waals surface area contributed by atoms with Gasteiger partial charge in [-0.2, -0.15) is 13.6 Å². The number of rotatable bonds is 2. The van der Waals surface area contributed by atoms with Gasteiger partial charge in [-0.25, -0.2) is 0 Å². The Labute approximate surface area is 71.2 Å². The maximum Gasteiger partial charge on any atom is 0.380 e. The van der Waals surface area contributed by atoms with E-state index in [0.29, 0.717) is 0 Å². The predicted molar refractivity (Wildman–Crippen MR) is 44.9 cm³/mol. The van der Waals surface area contributed by atoms with Crippen LogP contribution < -0.4 is 9.32 Å². The van der Waals surface area contributed by atoms with E-state index in [1.54, 1.807) is 24.3 Å². The first-order chi connectivity index (χ1) is 5.47. The molecule has 5 heteroatoms. The van der Waals surface area contributed by atoms with Gasteiger partial charge < -0.3 is 4.18 Å². The van der Waals surface area contributed by atoms with Gasteiger partial charge in [-0.15, -0.1) is 0 Å². The summed E-state index contributed by atoms with van der Waals surface area (Å²) >= 11 is 0. The summed E-state index contributed by atoms with van der Waals surface area (Å²) in [6.45, 7) is 1.89. The van der Waals surface area contributed by atoms with Crippen LogP contribution in [0.4, 0.5) is 0 Å². The van der Waals surface area contributed by atoms with Crippen LogP contribution in [0.25, 0.3) is 0 Å². The molecule has 0 saturated heterocycles. The van der Waals surface area contributed by atoms with Gasteiger partial charge in [-0.3, -0.25) is 0 Å². The van der Waals surface area contributed by atoms with E-state index in [4.69, 9.17) is 0 Å². The van der Waals surface area contributed by atoms with Gasteiger partial charge in [0.05, 0.1) is 0 Å². The van der Waals surface area contributed by atoms with Crippen LogP contribution >= 0.6 is 0 Å². The fourth-order valence-electron chi connectivity index (χ4n) is 0.728. The van der Waals surface area contributed by atoms with Crippen molar-refractivity contribution >= 4 is 10.3 Å². The van der Waals surface area contributed by atoms with Crippen molar-refractivity contribution < 1.29 is 12.6 Å². The summed E-state index contributed by atoms with van der Waals surface area (Å²) in [5.41, 5.74) is 1.02. The molecule has 1 aromatic carbocycles. The van der Waals surface area contributed by atoms with Gasteiger partial charge in [0, 0.05) is 0 Å². The third-order valence-corrected chi connectivity index (χ3v) is 1.66. The molecule has 0 amide bonds. The first-order valence-electron chi connectivity index (χ1n) is 3.26. The van der Waals surface area contributed by atoms with E-state index in [9.17, 15) is 8.42 Å². The maximum absolute atomic E-state index is 10.4. The van der Waals surface area contributed by atoms with E-state index in [-0.39, 0.29) is 5.75 Å². The molecule has 0 fully saturated rings. The van der Waals surface area contributed by atoms with Crippen LogP contribution in [0, 0.1) is 6.92 Å². The average molecular weight is 187 g/mol. The van der Waals surface area contributed by atoms with Crippen LogP contribution in [0.2, 0.25) is 0 Å². The Hall–Kier alpha value is -1.07. The van der Waals surface area contributed by atoms with Crippen molar-refractivity contribution in [3.05, 3.63) is 29.8 Å². The Morgan fingerprint density at radius 3 is 2.17 bits per heavy atom. The van der Waals surface area contributed by atoms with Crippen molar-refractivity contribution in [2.24, 2.45) is 5.14 Å². The zero-order valence-corrected chi connectivity index (χ0v) is 7.34. The fraction of sp³-hybridized carbons (Fsp3) is 0.143. The summed E-state index contributed by atoms with van der Waals surface area (Å²) in [6, 6.07) is 6.56. The molecular weight excluding hydrogens is 178 g/mol. The number of benzene rings is 1. The highest BCUT2D eigenvalue weighted by atomic mass is 32.2. The summed E-state index contributed by atoms with van der Waals surface area (Å²) in [5, 5.41) is 4.66. The Bertz CT molecular complexity index is 355. The third-order valence-electron chi connectivity index (χ3n) is 1.23. The molecule has 0 heterocycles. The zero-order valence-electron chi connectivity index (χ0n) is 6.52. The van der Waals surface area contributed by atoms with Crippen molar-refractivity contribution in [3.63, 3.8) is 0 Å². The van der Waals surface area contributed by atoms with E-state index in [2.05, 4.69) is 9.32 Å². The van der Waals surface area contributed by atoms with Crippen molar-refractivity contribution in [1.29, 1.82) is 0 Å². The van der Waals surface area contributed by atoms with E-state index in [1.807, 2.05) is 6.92 Å². The van der Waals surface area contributed by atoms with E-state index in [0.717, 1.165) is 5.56 Å². The highest BCUT2D eigenvalue weighted by molar-refractivity contribution is 7.84. The monoisotopic (exact) mass is 187 g/mol. The molecule has 0 bridgehead atoms. The Morgan fingerprint density at radius 1 is 1.25 bits per heavy atom. The summed E-state index contributed by atoms with van der Waals surface area (Å²) in [7, 11) is -3.89. The molecule has 0 saturated carbocycles. The Balaban J connectivity index is 2.85. The molecule has 0 spiro atoms. The summed E-state index contributed by atoms with van der Waals surface area (Å²) in [4.78, 5) is 0. The van der Waals surface area contributed by atoms with E-state index in [1.165, 1.54) is 0 Å². The first-order valence-corrected chi connectivity index (χ1v) is 4.73. The number of hydrogen-bond acceptors (Lipinski definition) is 3.